The van der Waals surface area contributed by atoms with Gasteiger partial charge in [-0.15, -0.1) is 0 Å². The molecule has 4 aliphatic carbocycles. The molecule has 0 radical (unpaired) electrons. The summed E-state index contributed by atoms with van der Waals surface area (Å²) in [6.45, 7) is 8.40. The summed E-state index contributed by atoms with van der Waals surface area (Å²) < 4.78 is 0. The Bertz CT molecular complexity index is 664. The van der Waals surface area contributed by atoms with Crippen molar-refractivity contribution in [3.63, 3.8) is 0 Å². The highest BCUT2D eigenvalue weighted by Crippen LogP contribution is 2.68. The van der Waals surface area contributed by atoms with Gasteiger partial charge in [0.25, 0.3) is 0 Å². The molecule has 1 N–H and O–H groups in total. The van der Waals surface area contributed by atoms with Crippen molar-refractivity contribution in [2.24, 2.45) is 34.5 Å². The first-order valence-corrected chi connectivity index (χ1v) is 10.1. The summed E-state index contributed by atoms with van der Waals surface area (Å²) in [5, 5.41) is 11.2. The fourth-order valence-electron chi connectivity index (χ4n) is 7.58. The first kappa shape index (κ1) is 17.5. The van der Waals surface area contributed by atoms with E-state index in [1.165, 1.54) is 5.57 Å². The van der Waals surface area contributed by atoms with E-state index >= 15 is 0 Å². The second kappa shape index (κ2) is 5.28. The molecule has 3 saturated carbocycles. The minimum absolute atomic E-state index is 0.0464. The molecule has 25 heavy (non-hydrogen) atoms. The van der Waals surface area contributed by atoms with Crippen LogP contribution in [-0.4, -0.2) is 22.3 Å². The average molecular weight is 344 g/mol. The SMILES string of the molecule is CC(=O)[C@]1(O)CC[C@H]2[C@@H]3C[C@H](C)C4=CC(=O)CC[C@]4(C)[C@H]3CC[C@@]21C. The third-order valence-corrected chi connectivity index (χ3v) is 9.01. The van der Waals surface area contributed by atoms with Gasteiger partial charge < -0.3 is 5.11 Å². The van der Waals surface area contributed by atoms with E-state index in [0.717, 1.165) is 32.1 Å². The molecular weight excluding hydrogens is 312 g/mol. The Morgan fingerprint density at radius 1 is 1.16 bits per heavy atom. The zero-order valence-corrected chi connectivity index (χ0v) is 16.1. The summed E-state index contributed by atoms with van der Waals surface area (Å²) in [6, 6.07) is 0. The number of hydrogen-bond acceptors (Lipinski definition) is 3. The van der Waals surface area contributed by atoms with E-state index < -0.39 is 5.60 Å². The van der Waals surface area contributed by atoms with Crippen LogP contribution in [0.4, 0.5) is 0 Å². The molecule has 0 unspecified atom stereocenters. The van der Waals surface area contributed by atoms with Crippen molar-refractivity contribution in [3.05, 3.63) is 11.6 Å². The van der Waals surface area contributed by atoms with Gasteiger partial charge in [-0.25, -0.2) is 0 Å². The highest BCUT2D eigenvalue weighted by molar-refractivity contribution is 5.91. The van der Waals surface area contributed by atoms with Gasteiger partial charge in [-0.1, -0.05) is 26.3 Å². The first-order valence-electron chi connectivity index (χ1n) is 10.1. The largest absolute Gasteiger partial charge is 0.382 e. The molecule has 0 spiro atoms. The third-order valence-electron chi connectivity index (χ3n) is 9.01. The third kappa shape index (κ3) is 2.08. The Morgan fingerprint density at radius 2 is 1.84 bits per heavy atom. The predicted molar refractivity (Wildman–Crippen MR) is 96.9 cm³/mol. The van der Waals surface area contributed by atoms with Crippen molar-refractivity contribution in [2.45, 2.75) is 78.2 Å². The van der Waals surface area contributed by atoms with Gasteiger partial charge in [-0.2, -0.15) is 0 Å². The van der Waals surface area contributed by atoms with Crippen LogP contribution in [0.2, 0.25) is 0 Å². The Hall–Kier alpha value is -0.960. The second-order valence-corrected chi connectivity index (χ2v) is 9.91. The summed E-state index contributed by atoms with van der Waals surface area (Å²) in [5.41, 5.74) is 0.107. The Morgan fingerprint density at radius 3 is 2.52 bits per heavy atom. The lowest BCUT2D eigenvalue weighted by Gasteiger charge is -2.60. The summed E-state index contributed by atoms with van der Waals surface area (Å²) in [7, 11) is 0. The lowest BCUT2D eigenvalue weighted by molar-refractivity contribution is -0.161. The van der Waals surface area contributed by atoms with Gasteiger partial charge in [-0.05, 0) is 80.6 Å². The second-order valence-electron chi connectivity index (χ2n) is 9.91. The van der Waals surface area contributed by atoms with E-state index in [1.807, 2.05) is 6.08 Å². The molecule has 0 aromatic rings. The van der Waals surface area contributed by atoms with E-state index in [2.05, 4.69) is 20.8 Å². The van der Waals surface area contributed by atoms with Crippen molar-refractivity contribution >= 4 is 11.6 Å². The number of ketones is 2. The molecule has 0 saturated heterocycles. The maximum absolute atomic E-state index is 12.3. The predicted octanol–water partition coefficient (Wildman–Crippen LogP) is 4.08. The van der Waals surface area contributed by atoms with E-state index in [9.17, 15) is 14.7 Å². The monoisotopic (exact) mass is 344 g/mol. The number of carbonyl (C=O) groups is 2. The summed E-state index contributed by atoms with van der Waals surface area (Å²) >= 11 is 0. The molecule has 0 bridgehead atoms. The zero-order valence-electron chi connectivity index (χ0n) is 16.1. The number of aliphatic hydroxyl groups is 1. The molecule has 0 aliphatic heterocycles. The van der Waals surface area contributed by atoms with Gasteiger partial charge in [0.05, 0.1) is 0 Å². The molecule has 0 aromatic heterocycles. The molecule has 0 heterocycles. The normalized spacial score (nSPS) is 52.0. The number of hydrogen-bond donors (Lipinski definition) is 1. The van der Waals surface area contributed by atoms with Gasteiger partial charge in [0.1, 0.15) is 5.60 Å². The van der Waals surface area contributed by atoms with Gasteiger partial charge in [0.15, 0.2) is 11.6 Å². The smallest absolute Gasteiger partial charge is 0.161 e. The van der Waals surface area contributed by atoms with Crippen LogP contribution in [-0.2, 0) is 9.59 Å². The topological polar surface area (TPSA) is 54.4 Å². The molecule has 7 atom stereocenters. The number of carbonyl (C=O) groups excluding carboxylic acids is 2. The maximum Gasteiger partial charge on any atom is 0.161 e. The van der Waals surface area contributed by atoms with Crippen molar-refractivity contribution < 1.29 is 14.7 Å². The molecule has 3 fully saturated rings. The molecule has 4 aliphatic rings. The molecular formula is C22H32O3. The van der Waals surface area contributed by atoms with E-state index in [0.29, 0.717) is 42.3 Å². The number of fused-ring (bicyclic) bond motifs is 5. The minimum Gasteiger partial charge on any atom is -0.382 e. The molecule has 0 amide bonds. The molecule has 4 rings (SSSR count). The maximum atomic E-state index is 12.3. The van der Waals surface area contributed by atoms with E-state index in [-0.39, 0.29) is 16.6 Å². The van der Waals surface area contributed by atoms with Crippen LogP contribution >= 0.6 is 0 Å². The molecule has 0 aromatic carbocycles. The van der Waals surface area contributed by atoms with Crippen LogP contribution in [0.3, 0.4) is 0 Å². The highest BCUT2D eigenvalue weighted by Gasteiger charge is 2.66. The standard InChI is InChI=1S/C22H32O3/c1-13-11-16-17(20(3)8-5-15(24)12-19(13)20)6-9-21(4)18(16)7-10-22(21,25)14(2)23/h12-13,16-18,25H,5-11H2,1-4H3/t13-,16+,17-,18-,20+,21-,22+/m0/s1. The summed E-state index contributed by atoms with van der Waals surface area (Å²) in [4.78, 5) is 24.3. The number of rotatable bonds is 1. The molecule has 138 valence electrons. The molecule has 3 heteroatoms. The fraction of sp³-hybridized carbons (Fsp3) is 0.818. The van der Waals surface area contributed by atoms with E-state index in [4.69, 9.17) is 0 Å². The molecule has 3 nitrogen and oxygen atoms in total. The van der Waals surface area contributed by atoms with Gasteiger partial charge in [0, 0.05) is 11.8 Å². The lowest BCUT2D eigenvalue weighted by atomic mass is 9.45. The average Bonchev–Trinajstić information content (AvgIpc) is 2.83. The fourth-order valence-corrected chi connectivity index (χ4v) is 7.58. The van der Waals surface area contributed by atoms with Crippen LogP contribution in [0.1, 0.15) is 72.6 Å². The minimum atomic E-state index is -1.13. The Labute approximate surface area is 151 Å². The van der Waals surface area contributed by atoms with Gasteiger partial charge >= 0.3 is 0 Å². The van der Waals surface area contributed by atoms with Crippen LogP contribution in [0.15, 0.2) is 11.6 Å². The van der Waals surface area contributed by atoms with E-state index in [1.54, 1.807) is 6.92 Å². The first-order chi connectivity index (χ1) is 11.6. The van der Waals surface area contributed by atoms with Crippen LogP contribution < -0.4 is 0 Å². The van der Waals surface area contributed by atoms with Crippen molar-refractivity contribution in [3.8, 4) is 0 Å². The highest BCUT2D eigenvalue weighted by atomic mass is 16.3. The van der Waals surface area contributed by atoms with Gasteiger partial charge in [0.2, 0.25) is 0 Å². The van der Waals surface area contributed by atoms with Crippen molar-refractivity contribution in [1.82, 2.24) is 0 Å². The van der Waals surface area contributed by atoms with Crippen LogP contribution in [0, 0.1) is 34.5 Å². The summed E-state index contributed by atoms with van der Waals surface area (Å²) in [6.07, 6.45) is 8.31. The quantitative estimate of drug-likeness (QED) is 0.779. The Balaban J connectivity index is 1.73. The van der Waals surface area contributed by atoms with Crippen molar-refractivity contribution in [1.29, 1.82) is 0 Å². The van der Waals surface area contributed by atoms with Gasteiger partial charge in [-0.3, -0.25) is 9.59 Å². The van der Waals surface area contributed by atoms with Crippen LogP contribution in [0.5, 0.6) is 0 Å². The lowest BCUT2D eigenvalue weighted by Crippen LogP contribution is -2.57. The summed E-state index contributed by atoms with van der Waals surface area (Å²) in [5.74, 6) is 2.27. The van der Waals surface area contributed by atoms with Crippen LogP contribution in [0.25, 0.3) is 0 Å². The number of Topliss-reactive ketones (excluding diaryl/α,β-unsaturated/α-hetero) is 1. The number of allylic oxidation sites excluding steroid dienone is 1. The zero-order chi connectivity index (χ0) is 18.2. The van der Waals surface area contributed by atoms with Crippen molar-refractivity contribution in [2.75, 3.05) is 0 Å². The Kier molecular flexibility index (Phi) is 3.69.